The maximum Gasteiger partial charge on any atom is 0.243 e. The van der Waals surface area contributed by atoms with Crippen molar-refractivity contribution in [2.24, 2.45) is 0 Å². The van der Waals surface area contributed by atoms with Crippen molar-refractivity contribution < 1.29 is 9.59 Å². The highest BCUT2D eigenvalue weighted by Gasteiger charge is 2.29. The lowest BCUT2D eigenvalue weighted by Gasteiger charge is -2.31. The van der Waals surface area contributed by atoms with E-state index in [1.807, 2.05) is 79.7 Å². The molecule has 3 aromatic carbocycles. The fraction of sp³-hybridized carbons (Fsp3) is 0.286. The van der Waals surface area contributed by atoms with Gasteiger partial charge in [-0.25, -0.2) is 0 Å². The Morgan fingerprint density at radius 3 is 2.31 bits per heavy atom. The molecule has 7 heteroatoms. The number of rotatable bonds is 12. The van der Waals surface area contributed by atoms with E-state index < -0.39 is 6.04 Å². The van der Waals surface area contributed by atoms with Crippen molar-refractivity contribution in [3.8, 4) is 0 Å². The molecule has 0 unspecified atom stereocenters. The van der Waals surface area contributed by atoms with Gasteiger partial charge in [0.1, 0.15) is 6.04 Å². The normalized spacial score (nSPS) is 11.6. The Bertz CT molecular complexity index is 1090. The third-order valence-corrected chi connectivity index (χ3v) is 7.07. The van der Waals surface area contributed by atoms with Gasteiger partial charge >= 0.3 is 0 Å². The highest BCUT2D eigenvalue weighted by molar-refractivity contribution is 7.99. The lowest BCUT2D eigenvalue weighted by atomic mass is 10.0. The predicted molar refractivity (Wildman–Crippen MR) is 146 cm³/mol. The maximum atomic E-state index is 13.5. The quantitative estimate of drug-likeness (QED) is 0.211. The number of hydrogen-bond acceptors (Lipinski definition) is 3. The van der Waals surface area contributed by atoms with Crippen LogP contribution < -0.4 is 5.32 Å². The van der Waals surface area contributed by atoms with Gasteiger partial charge in [-0.3, -0.25) is 9.59 Å². The molecule has 0 aliphatic rings. The second-order valence-electron chi connectivity index (χ2n) is 8.16. The monoisotopic (exact) mass is 528 g/mol. The van der Waals surface area contributed by atoms with E-state index in [2.05, 4.69) is 5.32 Å². The standard InChI is InChI=1S/C28H30Cl2N2O2S/c1-2-31-28(34)26(19-21-8-4-3-5-9-21)32(20-22-10-6-11-24(30)18-22)27(33)12-7-17-35-25-15-13-23(29)14-16-25/h3-6,8-11,13-16,18,26H,2,7,12,17,19-20H2,1H3,(H,31,34)/t26-/m0/s1. The van der Waals surface area contributed by atoms with Crippen molar-refractivity contribution in [1.82, 2.24) is 10.2 Å². The van der Waals surface area contributed by atoms with Crippen LogP contribution in [0.15, 0.2) is 83.8 Å². The minimum absolute atomic E-state index is 0.0473. The SMILES string of the molecule is CCNC(=O)[C@H](Cc1ccccc1)N(Cc1cccc(Cl)c1)C(=O)CCCSc1ccc(Cl)cc1. The number of benzene rings is 3. The number of hydrogen-bond donors (Lipinski definition) is 1. The number of carbonyl (C=O) groups excluding carboxylic acids is 2. The van der Waals surface area contributed by atoms with Crippen molar-refractivity contribution in [2.75, 3.05) is 12.3 Å². The van der Waals surface area contributed by atoms with Gasteiger partial charge < -0.3 is 10.2 Å². The number of likely N-dealkylation sites (N-methyl/N-ethyl adjacent to an activating group) is 1. The van der Waals surface area contributed by atoms with Gasteiger partial charge in [0.2, 0.25) is 11.8 Å². The average molecular weight is 530 g/mol. The molecule has 0 radical (unpaired) electrons. The van der Waals surface area contributed by atoms with Crippen LogP contribution in [0.5, 0.6) is 0 Å². The summed E-state index contributed by atoms with van der Waals surface area (Å²) in [4.78, 5) is 29.5. The van der Waals surface area contributed by atoms with Crippen molar-refractivity contribution >= 4 is 46.8 Å². The number of carbonyl (C=O) groups is 2. The summed E-state index contributed by atoms with van der Waals surface area (Å²) in [7, 11) is 0. The molecule has 0 spiro atoms. The molecule has 0 saturated heterocycles. The Kier molecular flexibility index (Phi) is 11.0. The van der Waals surface area contributed by atoms with Gasteiger partial charge in [0.25, 0.3) is 0 Å². The average Bonchev–Trinajstić information content (AvgIpc) is 2.86. The summed E-state index contributed by atoms with van der Waals surface area (Å²) in [6.07, 6.45) is 1.50. The molecule has 4 nitrogen and oxygen atoms in total. The molecule has 0 bridgehead atoms. The summed E-state index contributed by atoms with van der Waals surface area (Å²) in [6, 6.07) is 24.3. The molecular weight excluding hydrogens is 499 g/mol. The van der Waals surface area contributed by atoms with Crippen LogP contribution in [0.3, 0.4) is 0 Å². The first-order valence-corrected chi connectivity index (χ1v) is 13.4. The fourth-order valence-corrected chi connectivity index (χ4v) is 4.96. The summed E-state index contributed by atoms with van der Waals surface area (Å²) in [5.41, 5.74) is 1.90. The maximum absolute atomic E-state index is 13.5. The smallest absolute Gasteiger partial charge is 0.243 e. The van der Waals surface area contributed by atoms with E-state index >= 15 is 0 Å². The summed E-state index contributed by atoms with van der Waals surface area (Å²) >= 11 is 13.9. The molecule has 3 rings (SSSR count). The van der Waals surface area contributed by atoms with Gasteiger partial charge in [0.15, 0.2) is 0 Å². The van der Waals surface area contributed by atoms with Gasteiger partial charge in [-0.15, -0.1) is 11.8 Å². The molecule has 184 valence electrons. The third-order valence-electron chi connectivity index (χ3n) is 5.48. The number of amides is 2. The lowest BCUT2D eigenvalue weighted by Crippen LogP contribution is -2.50. The molecule has 0 fully saturated rings. The van der Waals surface area contributed by atoms with Crippen molar-refractivity contribution in [1.29, 1.82) is 0 Å². The zero-order chi connectivity index (χ0) is 25.0. The van der Waals surface area contributed by atoms with E-state index in [0.29, 0.717) is 42.4 Å². The van der Waals surface area contributed by atoms with Crippen LogP contribution in [-0.4, -0.2) is 35.1 Å². The molecule has 1 N–H and O–H groups in total. The van der Waals surface area contributed by atoms with Crippen LogP contribution in [0.2, 0.25) is 10.0 Å². The molecule has 35 heavy (non-hydrogen) atoms. The third kappa shape index (κ3) is 8.92. The van der Waals surface area contributed by atoms with E-state index in [0.717, 1.165) is 21.8 Å². The Morgan fingerprint density at radius 1 is 0.914 bits per heavy atom. The molecule has 2 amide bonds. The predicted octanol–water partition coefficient (Wildman–Crippen LogP) is 6.64. The topological polar surface area (TPSA) is 49.4 Å². The molecule has 0 saturated carbocycles. The van der Waals surface area contributed by atoms with Crippen molar-refractivity contribution in [3.63, 3.8) is 0 Å². The first-order valence-electron chi connectivity index (χ1n) is 11.7. The van der Waals surface area contributed by atoms with Gasteiger partial charge in [0, 0.05) is 40.9 Å². The van der Waals surface area contributed by atoms with E-state index in [-0.39, 0.29) is 11.8 Å². The highest BCUT2D eigenvalue weighted by Crippen LogP contribution is 2.23. The van der Waals surface area contributed by atoms with Crippen molar-refractivity contribution in [2.45, 2.75) is 43.7 Å². The van der Waals surface area contributed by atoms with Crippen LogP contribution >= 0.6 is 35.0 Å². The molecule has 3 aromatic rings. The van der Waals surface area contributed by atoms with E-state index in [1.165, 1.54) is 0 Å². The number of thioether (sulfide) groups is 1. The molecule has 0 aliphatic heterocycles. The summed E-state index contributed by atoms with van der Waals surface area (Å²) in [5.74, 6) is 0.597. The van der Waals surface area contributed by atoms with Crippen LogP contribution in [-0.2, 0) is 22.6 Å². The summed E-state index contributed by atoms with van der Waals surface area (Å²) in [6.45, 7) is 2.70. The highest BCUT2D eigenvalue weighted by atomic mass is 35.5. The molecular formula is C28H30Cl2N2O2S. The van der Waals surface area contributed by atoms with E-state index in [4.69, 9.17) is 23.2 Å². The fourth-order valence-electron chi connectivity index (χ4n) is 3.77. The van der Waals surface area contributed by atoms with Crippen molar-refractivity contribution in [3.05, 3.63) is 100 Å². The van der Waals surface area contributed by atoms with Crippen LogP contribution in [0.25, 0.3) is 0 Å². The Morgan fingerprint density at radius 2 is 1.63 bits per heavy atom. The second-order valence-corrected chi connectivity index (χ2v) is 10.2. The van der Waals surface area contributed by atoms with Gasteiger partial charge in [-0.1, -0.05) is 65.7 Å². The molecule has 1 atom stereocenters. The zero-order valence-electron chi connectivity index (χ0n) is 19.8. The zero-order valence-corrected chi connectivity index (χ0v) is 22.1. The van der Waals surface area contributed by atoms with E-state index in [9.17, 15) is 9.59 Å². The molecule has 0 aromatic heterocycles. The van der Waals surface area contributed by atoms with Gasteiger partial charge in [-0.2, -0.15) is 0 Å². The number of nitrogens with zero attached hydrogens (tertiary/aromatic N) is 1. The minimum Gasteiger partial charge on any atom is -0.355 e. The van der Waals surface area contributed by atoms with Gasteiger partial charge in [0.05, 0.1) is 0 Å². The first-order chi connectivity index (χ1) is 17.0. The van der Waals surface area contributed by atoms with Crippen LogP contribution in [0, 0.1) is 0 Å². The Labute approximate surface area is 222 Å². The van der Waals surface area contributed by atoms with Gasteiger partial charge in [-0.05, 0) is 66.6 Å². The lowest BCUT2D eigenvalue weighted by molar-refractivity contribution is -0.141. The largest absolute Gasteiger partial charge is 0.355 e. The van der Waals surface area contributed by atoms with Crippen LogP contribution in [0.1, 0.15) is 30.9 Å². The Hall–Kier alpha value is -2.47. The molecule has 0 aliphatic carbocycles. The summed E-state index contributed by atoms with van der Waals surface area (Å²) < 4.78 is 0. The second kappa shape index (κ2) is 14.2. The first kappa shape index (κ1) is 27.1. The van der Waals surface area contributed by atoms with E-state index in [1.54, 1.807) is 22.7 Å². The summed E-state index contributed by atoms with van der Waals surface area (Å²) in [5, 5.41) is 4.23. The van der Waals surface area contributed by atoms with Crippen LogP contribution in [0.4, 0.5) is 0 Å². The minimum atomic E-state index is -0.618. The Balaban J connectivity index is 1.76. The number of nitrogens with one attached hydrogen (secondary N) is 1. The number of halogens is 2. The molecule has 0 heterocycles.